The third-order valence-corrected chi connectivity index (χ3v) is 4.23. The molecular weight excluding hydrogens is 160 g/mol. The van der Waals surface area contributed by atoms with E-state index in [0.717, 1.165) is 12.3 Å². The van der Waals surface area contributed by atoms with Gasteiger partial charge in [0.05, 0.1) is 0 Å². The molecule has 0 aromatic rings. The molecule has 70 valence electrons. The number of carbonyl (C=O) groups excluding carboxylic acids is 1. The summed E-state index contributed by atoms with van der Waals surface area (Å²) in [5, 5.41) is 0. The maximum absolute atomic E-state index is 11.4. The molecule has 13 heavy (non-hydrogen) atoms. The zero-order chi connectivity index (χ0) is 8.89. The van der Waals surface area contributed by atoms with Crippen LogP contribution in [0.5, 0.6) is 0 Å². The maximum atomic E-state index is 11.4. The second-order valence-corrected chi connectivity index (χ2v) is 5.11. The molecule has 2 atom stereocenters. The molecule has 0 aliphatic heterocycles. The molecule has 0 N–H and O–H groups in total. The van der Waals surface area contributed by atoms with E-state index in [4.69, 9.17) is 0 Å². The minimum atomic E-state index is 0.373. The van der Waals surface area contributed by atoms with Crippen LogP contribution in [0.4, 0.5) is 0 Å². The minimum Gasteiger partial charge on any atom is -0.295 e. The third-order valence-electron chi connectivity index (χ3n) is 4.23. The van der Waals surface area contributed by atoms with Crippen LogP contribution in [0.2, 0.25) is 0 Å². The van der Waals surface area contributed by atoms with Gasteiger partial charge in [0.25, 0.3) is 0 Å². The fourth-order valence-corrected chi connectivity index (χ4v) is 3.71. The number of hydrogen-bond donors (Lipinski definition) is 0. The highest BCUT2D eigenvalue weighted by Crippen LogP contribution is 2.57. The minimum absolute atomic E-state index is 0.373. The first-order valence-corrected chi connectivity index (χ1v) is 5.52. The van der Waals surface area contributed by atoms with Crippen molar-refractivity contribution in [1.29, 1.82) is 0 Å². The number of carbonyl (C=O) groups is 1. The quantitative estimate of drug-likeness (QED) is 0.554. The molecule has 2 fully saturated rings. The van der Waals surface area contributed by atoms with Crippen LogP contribution in [0.3, 0.4) is 0 Å². The standard InChI is InChI=1S/C12H16O/c13-11-6-10-5-9-3-1-2-4-12(10,7-9)8-11/h6,9H,1-5,7-8H2. The van der Waals surface area contributed by atoms with Crippen LogP contribution < -0.4 is 0 Å². The number of ketones is 1. The SMILES string of the molecule is O=C1C=C2CC3CCCCC2(C1)C3. The van der Waals surface area contributed by atoms with Gasteiger partial charge in [0.1, 0.15) is 0 Å². The van der Waals surface area contributed by atoms with Gasteiger partial charge in [0.2, 0.25) is 0 Å². The molecule has 0 saturated heterocycles. The highest BCUT2D eigenvalue weighted by Gasteiger charge is 2.48. The number of rotatable bonds is 0. The smallest absolute Gasteiger partial charge is 0.156 e. The summed E-state index contributed by atoms with van der Waals surface area (Å²) in [5.41, 5.74) is 1.89. The maximum Gasteiger partial charge on any atom is 0.156 e. The summed E-state index contributed by atoms with van der Waals surface area (Å²) in [6.07, 6.45) is 10.8. The van der Waals surface area contributed by atoms with Gasteiger partial charge in [-0.2, -0.15) is 0 Å². The van der Waals surface area contributed by atoms with Gasteiger partial charge in [0.15, 0.2) is 5.78 Å². The molecule has 0 radical (unpaired) electrons. The van der Waals surface area contributed by atoms with Crippen molar-refractivity contribution < 1.29 is 4.79 Å². The summed E-state index contributed by atoms with van der Waals surface area (Å²) in [4.78, 5) is 11.4. The Morgan fingerprint density at radius 2 is 2.31 bits per heavy atom. The van der Waals surface area contributed by atoms with Crippen LogP contribution in [0, 0.1) is 11.3 Å². The first-order chi connectivity index (χ1) is 6.28. The summed E-state index contributed by atoms with van der Waals surface area (Å²) >= 11 is 0. The first kappa shape index (κ1) is 7.78. The van der Waals surface area contributed by atoms with Crippen LogP contribution in [0.15, 0.2) is 11.6 Å². The van der Waals surface area contributed by atoms with Gasteiger partial charge in [-0.05, 0) is 36.7 Å². The lowest BCUT2D eigenvalue weighted by Gasteiger charge is -2.24. The van der Waals surface area contributed by atoms with E-state index in [2.05, 4.69) is 0 Å². The number of hydrogen-bond acceptors (Lipinski definition) is 1. The van der Waals surface area contributed by atoms with Crippen LogP contribution >= 0.6 is 0 Å². The Hall–Kier alpha value is -0.590. The van der Waals surface area contributed by atoms with Gasteiger partial charge in [-0.15, -0.1) is 0 Å². The van der Waals surface area contributed by atoms with E-state index in [1.54, 1.807) is 0 Å². The molecule has 3 rings (SSSR count). The summed E-state index contributed by atoms with van der Waals surface area (Å²) < 4.78 is 0. The zero-order valence-electron chi connectivity index (χ0n) is 8.01. The number of allylic oxidation sites excluding steroid dienone is 2. The van der Waals surface area contributed by atoms with Gasteiger partial charge in [0, 0.05) is 6.42 Å². The van der Waals surface area contributed by atoms with Crippen LogP contribution in [0.1, 0.15) is 44.9 Å². The summed E-state index contributed by atoms with van der Waals surface area (Å²) in [6, 6.07) is 0. The molecule has 0 amide bonds. The van der Waals surface area contributed by atoms with Crippen molar-refractivity contribution in [3.05, 3.63) is 11.6 Å². The molecule has 2 saturated carbocycles. The Morgan fingerprint density at radius 3 is 3.23 bits per heavy atom. The number of fused-ring (bicyclic) bond motifs is 1. The highest BCUT2D eigenvalue weighted by atomic mass is 16.1. The third kappa shape index (κ3) is 1.02. The summed E-state index contributed by atoms with van der Waals surface area (Å²) in [5.74, 6) is 1.32. The average molecular weight is 176 g/mol. The fourth-order valence-electron chi connectivity index (χ4n) is 3.71. The van der Waals surface area contributed by atoms with E-state index >= 15 is 0 Å². The van der Waals surface area contributed by atoms with E-state index in [9.17, 15) is 4.79 Å². The van der Waals surface area contributed by atoms with Gasteiger partial charge in [-0.3, -0.25) is 4.79 Å². The second-order valence-electron chi connectivity index (χ2n) is 5.11. The molecule has 2 unspecified atom stereocenters. The molecule has 0 aromatic heterocycles. The Labute approximate surface area is 79.2 Å². The summed E-state index contributed by atoms with van der Waals surface area (Å²) in [7, 11) is 0. The lowest BCUT2D eigenvalue weighted by Crippen LogP contribution is -2.16. The summed E-state index contributed by atoms with van der Waals surface area (Å²) in [6.45, 7) is 0. The van der Waals surface area contributed by atoms with Crippen molar-refractivity contribution in [2.24, 2.45) is 11.3 Å². The predicted molar refractivity (Wildman–Crippen MR) is 51.3 cm³/mol. The Bertz CT molecular complexity index is 289. The Kier molecular flexibility index (Phi) is 1.47. The van der Waals surface area contributed by atoms with Gasteiger partial charge < -0.3 is 0 Å². The highest BCUT2D eigenvalue weighted by molar-refractivity contribution is 5.94. The molecule has 0 aromatic carbocycles. The van der Waals surface area contributed by atoms with E-state index in [1.807, 2.05) is 6.08 Å². The molecular formula is C12H16O. The predicted octanol–water partition coefficient (Wildman–Crippen LogP) is 2.86. The first-order valence-electron chi connectivity index (χ1n) is 5.52. The molecule has 1 heteroatoms. The zero-order valence-corrected chi connectivity index (χ0v) is 8.01. The van der Waals surface area contributed by atoms with Crippen molar-refractivity contribution >= 4 is 5.78 Å². The fraction of sp³-hybridized carbons (Fsp3) is 0.750. The molecule has 3 aliphatic rings. The molecule has 1 spiro atoms. The van der Waals surface area contributed by atoms with E-state index in [0.29, 0.717) is 11.2 Å². The molecule has 2 bridgehead atoms. The molecule has 3 aliphatic carbocycles. The average Bonchev–Trinajstić information content (AvgIpc) is 2.40. The lowest BCUT2D eigenvalue weighted by molar-refractivity contribution is -0.115. The normalized spacial score (nSPS) is 42.9. The van der Waals surface area contributed by atoms with Crippen LogP contribution in [-0.2, 0) is 4.79 Å². The van der Waals surface area contributed by atoms with Gasteiger partial charge in [-0.25, -0.2) is 0 Å². The second kappa shape index (κ2) is 2.46. The molecule has 0 heterocycles. The Balaban J connectivity index is 2.00. The van der Waals surface area contributed by atoms with Crippen molar-refractivity contribution in [3.63, 3.8) is 0 Å². The van der Waals surface area contributed by atoms with Crippen molar-refractivity contribution in [2.75, 3.05) is 0 Å². The van der Waals surface area contributed by atoms with E-state index in [1.165, 1.54) is 44.1 Å². The topological polar surface area (TPSA) is 17.1 Å². The van der Waals surface area contributed by atoms with Crippen LogP contribution in [0.25, 0.3) is 0 Å². The lowest BCUT2D eigenvalue weighted by atomic mass is 9.79. The van der Waals surface area contributed by atoms with E-state index < -0.39 is 0 Å². The van der Waals surface area contributed by atoms with Crippen molar-refractivity contribution in [2.45, 2.75) is 44.9 Å². The largest absolute Gasteiger partial charge is 0.295 e. The monoisotopic (exact) mass is 176 g/mol. The van der Waals surface area contributed by atoms with Crippen LogP contribution in [-0.4, -0.2) is 5.78 Å². The Morgan fingerprint density at radius 1 is 1.38 bits per heavy atom. The van der Waals surface area contributed by atoms with Crippen molar-refractivity contribution in [1.82, 2.24) is 0 Å². The van der Waals surface area contributed by atoms with E-state index in [-0.39, 0.29) is 0 Å². The van der Waals surface area contributed by atoms with Gasteiger partial charge in [-0.1, -0.05) is 24.8 Å². The molecule has 1 nitrogen and oxygen atoms in total. The van der Waals surface area contributed by atoms with Gasteiger partial charge >= 0.3 is 0 Å². The van der Waals surface area contributed by atoms with Crippen molar-refractivity contribution in [3.8, 4) is 0 Å².